The maximum atomic E-state index is 11.1. The maximum absolute atomic E-state index is 11.1. The van der Waals surface area contributed by atoms with Crippen LogP contribution in [0.15, 0.2) is 12.7 Å². The van der Waals surface area contributed by atoms with Gasteiger partial charge in [-0.05, 0) is 12.5 Å². The topological polar surface area (TPSA) is 43.1 Å². The van der Waals surface area contributed by atoms with Crippen molar-refractivity contribution in [3.05, 3.63) is 12.7 Å². The summed E-state index contributed by atoms with van der Waals surface area (Å²) >= 11 is 0. The van der Waals surface area contributed by atoms with Crippen LogP contribution in [0.1, 0.15) is 64.7 Å². The second kappa shape index (κ2) is 10.9. The third kappa shape index (κ3) is 8.66. The zero-order chi connectivity index (χ0) is 12.2. The van der Waals surface area contributed by atoms with Crippen molar-refractivity contribution in [1.29, 1.82) is 0 Å². The summed E-state index contributed by atoms with van der Waals surface area (Å²) in [7, 11) is 0. The molecule has 0 aromatic rings. The summed E-state index contributed by atoms with van der Waals surface area (Å²) in [6, 6.07) is -0.322. The third-order valence-electron chi connectivity index (χ3n) is 2.94. The Morgan fingerprint density at radius 3 is 2.12 bits per heavy atom. The molecule has 0 fully saturated rings. The second-order valence-electron chi connectivity index (χ2n) is 4.48. The van der Waals surface area contributed by atoms with Gasteiger partial charge in [-0.1, -0.05) is 64.9 Å². The van der Waals surface area contributed by atoms with E-state index in [1.165, 1.54) is 51.0 Å². The van der Waals surface area contributed by atoms with Gasteiger partial charge in [0.25, 0.3) is 0 Å². The van der Waals surface area contributed by atoms with E-state index in [0.29, 0.717) is 0 Å². The molecule has 0 bridgehead atoms. The smallest absolute Gasteiger partial charge is 0.171 e. The Balaban J connectivity index is 3.20. The zero-order valence-corrected chi connectivity index (χ0v) is 10.7. The highest BCUT2D eigenvalue weighted by atomic mass is 16.1. The van der Waals surface area contributed by atoms with Crippen molar-refractivity contribution in [3.63, 3.8) is 0 Å². The fourth-order valence-electron chi connectivity index (χ4n) is 1.79. The van der Waals surface area contributed by atoms with Gasteiger partial charge in [-0.25, -0.2) is 0 Å². The molecule has 0 aliphatic carbocycles. The normalized spacial score (nSPS) is 12.4. The molecule has 16 heavy (non-hydrogen) atoms. The van der Waals surface area contributed by atoms with Gasteiger partial charge in [-0.3, -0.25) is 4.79 Å². The van der Waals surface area contributed by atoms with Crippen molar-refractivity contribution >= 4 is 5.78 Å². The summed E-state index contributed by atoms with van der Waals surface area (Å²) in [5.41, 5.74) is 5.69. The van der Waals surface area contributed by atoms with E-state index in [-0.39, 0.29) is 11.8 Å². The third-order valence-corrected chi connectivity index (χ3v) is 2.94. The minimum absolute atomic E-state index is 0.0251. The minimum atomic E-state index is -0.322. The summed E-state index contributed by atoms with van der Waals surface area (Å²) in [6.45, 7) is 5.67. The van der Waals surface area contributed by atoms with Crippen molar-refractivity contribution in [1.82, 2.24) is 0 Å². The van der Waals surface area contributed by atoms with Crippen LogP contribution < -0.4 is 5.73 Å². The lowest BCUT2D eigenvalue weighted by Crippen LogP contribution is -2.28. The van der Waals surface area contributed by atoms with Gasteiger partial charge < -0.3 is 5.73 Å². The van der Waals surface area contributed by atoms with Crippen LogP contribution in [0, 0.1) is 0 Å². The van der Waals surface area contributed by atoms with Gasteiger partial charge >= 0.3 is 0 Å². The van der Waals surface area contributed by atoms with Crippen LogP contribution in [0.5, 0.6) is 0 Å². The molecule has 94 valence electrons. The molecule has 0 aliphatic rings. The van der Waals surface area contributed by atoms with Crippen molar-refractivity contribution in [3.8, 4) is 0 Å². The van der Waals surface area contributed by atoms with Crippen LogP contribution in [-0.4, -0.2) is 11.8 Å². The average molecular weight is 225 g/mol. The summed E-state index contributed by atoms with van der Waals surface area (Å²) in [6.07, 6.45) is 12.4. The standard InChI is InChI=1S/C14H27NO/c1-3-5-6-7-8-9-10-11-12-13(15)14(16)4-2/h4,13H,2-3,5-12,15H2,1H3. The molecular weight excluding hydrogens is 198 g/mol. The molecule has 0 aromatic heterocycles. The fourth-order valence-corrected chi connectivity index (χ4v) is 1.79. The van der Waals surface area contributed by atoms with Crippen LogP contribution >= 0.6 is 0 Å². The van der Waals surface area contributed by atoms with Crippen LogP contribution in [0.2, 0.25) is 0 Å². The van der Waals surface area contributed by atoms with E-state index in [0.717, 1.165) is 12.8 Å². The number of ketones is 1. The lowest BCUT2D eigenvalue weighted by atomic mass is 10.0. The summed E-state index contributed by atoms with van der Waals surface area (Å²) in [4.78, 5) is 11.1. The molecule has 0 spiro atoms. The summed E-state index contributed by atoms with van der Waals surface area (Å²) in [5, 5.41) is 0. The Morgan fingerprint density at radius 1 is 1.12 bits per heavy atom. The number of nitrogens with two attached hydrogens (primary N) is 1. The van der Waals surface area contributed by atoms with Gasteiger partial charge in [0.15, 0.2) is 5.78 Å². The van der Waals surface area contributed by atoms with Crippen molar-refractivity contribution in [2.75, 3.05) is 0 Å². The van der Waals surface area contributed by atoms with Gasteiger partial charge in [0.2, 0.25) is 0 Å². The molecule has 0 aromatic carbocycles. The predicted molar refractivity (Wildman–Crippen MR) is 70.4 cm³/mol. The first-order chi connectivity index (χ1) is 7.72. The van der Waals surface area contributed by atoms with Crippen LogP contribution in [0.3, 0.4) is 0 Å². The zero-order valence-electron chi connectivity index (χ0n) is 10.7. The molecule has 0 radical (unpaired) electrons. The van der Waals surface area contributed by atoms with E-state index in [4.69, 9.17) is 5.73 Å². The van der Waals surface area contributed by atoms with Gasteiger partial charge in [0, 0.05) is 0 Å². The van der Waals surface area contributed by atoms with E-state index < -0.39 is 0 Å². The van der Waals surface area contributed by atoms with E-state index in [2.05, 4.69) is 13.5 Å². The van der Waals surface area contributed by atoms with Crippen molar-refractivity contribution in [2.24, 2.45) is 5.73 Å². The SMILES string of the molecule is C=CC(=O)C(N)CCCCCCCCCC. The van der Waals surface area contributed by atoms with Crippen LogP contribution in [-0.2, 0) is 4.79 Å². The number of unbranched alkanes of at least 4 members (excludes halogenated alkanes) is 7. The Labute approximate surface area is 100 Å². The van der Waals surface area contributed by atoms with Crippen LogP contribution in [0.4, 0.5) is 0 Å². The molecule has 2 heteroatoms. The molecule has 1 atom stereocenters. The van der Waals surface area contributed by atoms with E-state index in [1.54, 1.807) is 0 Å². The molecule has 2 N–H and O–H groups in total. The average Bonchev–Trinajstić information content (AvgIpc) is 2.31. The van der Waals surface area contributed by atoms with Gasteiger partial charge in [0.05, 0.1) is 6.04 Å². The van der Waals surface area contributed by atoms with Gasteiger partial charge in [-0.15, -0.1) is 0 Å². The highest BCUT2D eigenvalue weighted by Gasteiger charge is 2.08. The molecule has 2 nitrogen and oxygen atoms in total. The number of hydrogen-bond acceptors (Lipinski definition) is 2. The molecule has 1 unspecified atom stereocenters. The summed E-state index contributed by atoms with van der Waals surface area (Å²) in [5.74, 6) is -0.0251. The maximum Gasteiger partial charge on any atom is 0.171 e. The number of hydrogen-bond donors (Lipinski definition) is 1. The molecular formula is C14H27NO. The molecule has 0 amide bonds. The monoisotopic (exact) mass is 225 g/mol. The van der Waals surface area contributed by atoms with Crippen molar-refractivity contribution < 1.29 is 4.79 Å². The molecule has 0 saturated carbocycles. The van der Waals surface area contributed by atoms with Gasteiger partial charge in [-0.2, -0.15) is 0 Å². The highest BCUT2D eigenvalue weighted by Crippen LogP contribution is 2.10. The Kier molecular flexibility index (Phi) is 10.4. The molecule has 0 heterocycles. The second-order valence-corrected chi connectivity index (χ2v) is 4.48. The minimum Gasteiger partial charge on any atom is -0.321 e. The van der Waals surface area contributed by atoms with Crippen LogP contribution in [0.25, 0.3) is 0 Å². The van der Waals surface area contributed by atoms with E-state index >= 15 is 0 Å². The van der Waals surface area contributed by atoms with Crippen molar-refractivity contribution in [2.45, 2.75) is 70.8 Å². The number of carbonyl (C=O) groups excluding carboxylic acids is 1. The Morgan fingerprint density at radius 2 is 1.62 bits per heavy atom. The quantitative estimate of drug-likeness (QED) is 0.431. The van der Waals surface area contributed by atoms with E-state index in [9.17, 15) is 4.79 Å². The molecule has 0 saturated heterocycles. The lowest BCUT2D eigenvalue weighted by Gasteiger charge is -2.07. The first kappa shape index (κ1) is 15.4. The number of carbonyl (C=O) groups is 1. The summed E-state index contributed by atoms with van der Waals surface area (Å²) < 4.78 is 0. The first-order valence-corrected chi connectivity index (χ1v) is 6.64. The largest absolute Gasteiger partial charge is 0.321 e. The first-order valence-electron chi connectivity index (χ1n) is 6.64. The Hall–Kier alpha value is -0.630. The molecule has 0 rings (SSSR count). The predicted octanol–water partition coefficient (Wildman–Crippen LogP) is 3.60. The van der Waals surface area contributed by atoms with Gasteiger partial charge in [0.1, 0.15) is 0 Å². The van der Waals surface area contributed by atoms with E-state index in [1.807, 2.05) is 0 Å². The lowest BCUT2D eigenvalue weighted by molar-refractivity contribution is -0.115. The Bertz CT molecular complexity index is 189. The number of rotatable bonds is 11. The fraction of sp³-hybridized carbons (Fsp3) is 0.786. The molecule has 0 aliphatic heterocycles. The highest BCUT2D eigenvalue weighted by molar-refractivity contribution is 5.93.